The summed E-state index contributed by atoms with van der Waals surface area (Å²) in [7, 11) is 0. The van der Waals surface area contributed by atoms with E-state index in [1.807, 2.05) is 0 Å². The zero-order valence-corrected chi connectivity index (χ0v) is 15.0. The van der Waals surface area contributed by atoms with E-state index in [0.717, 1.165) is 0 Å². The van der Waals surface area contributed by atoms with Gasteiger partial charge in [-0.25, -0.2) is 0 Å². The first kappa shape index (κ1) is 16.6. The molecule has 1 heterocycles. The van der Waals surface area contributed by atoms with Crippen LogP contribution in [0, 0.1) is 0 Å². The number of rotatable bonds is 4. The van der Waals surface area contributed by atoms with Gasteiger partial charge in [0.1, 0.15) is 12.2 Å². The SMILES string of the molecule is CC(C)O[C@@H]1c2ccccc2Sc2ccccc2[C@H]1OC(C)C. The zero-order valence-electron chi connectivity index (χ0n) is 14.2. The minimum atomic E-state index is -0.0928. The lowest BCUT2D eigenvalue weighted by Gasteiger charge is -2.30. The fourth-order valence-electron chi connectivity index (χ4n) is 2.94. The molecule has 0 amide bonds. The average molecular weight is 328 g/mol. The topological polar surface area (TPSA) is 18.5 Å². The molecule has 2 aromatic carbocycles. The molecular formula is C20H24O2S. The van der Waals surface area contributed by atoms with E-state index in [1.165, 1.54) is 20.9 Å². The van der Waals surface area contributed by atoms with Gasteiger partial charge in [0.25, 0.3) is 0 Å². The Balaban J connectivity index is 2.15. The lowest BCUT2D eigenvalue weighted by Crippen LogP contribution is -2.23. The fraction of sp³-hybridized carbons (Fsp3) is 0.400. The van der Waals surface area contributed by atoms with Crippen molar-refractivity contribution < 1.29 is 9.47 Å². The molecule has 0 saturated carbocycles. The number of benzene rings is 2. The number of fused-ring (bicyclic) bond motifs is 2. The molecule has 2 aromatic rings. The van der Waals surface area contributed by atoms with Crippen LogP contribution in [0.25, 0.3) is 0 Å². The average Bonchev–Trinajstić information content (AvgIpc) is 2.63. The van der Waals surface area contributed by atoms with Crippen molar-refractivity contribution in [2.24, 2.45) is 0 Å². The Kier molecular flexibility index (Phi) is 5.10. The molecule has 1 aliphatic rings. The highest BCUT2D eigenvalue weighted by Crippen LogP contribution is 2.48. The Labute approximate surface area is 143 Å². The van der Waals surface area contributed by atoms with Crippen molar-refractivity contribution in [2.75, 3.05) is 0 Å². The van der Waals surface area contributed by atoms with Gasteiger partial charge in [-0.2, -0.15) is 0 Å². The van der Waals surface area contributed by atoms with E-state index in [4.69, 9.17) is 9.47 Å². The molecule has 23 heavy (non-hydrogen) atoms. The molecular weight excluding hydrogens is 304 g/mol. The number of hydrogen-bond donors (Lipinski definition) is 0. The number of hydrogen-bond acceptors (Lipinski definition) is 3. The second-order valence-electron chi connectivity index (χ2n) is 6.39. The minimum Gasteiger partial charge on any atom is -0.368 e. The lowest BCUT2D eigenvalue weighted by atomic mass is 9.97. The second-order valence-corrected chi connectivity index (χ2v) is 7.47. The van der Waals surface area contributed by atoms with E-state index in [9.17, 15) is 0 Å². The number of ether oxygens (including phenoxy) is 2. The van der Waals surface area contributed by atoms with E-state index in [2.05, 4.69) is 76.2 Å². The van der Waals surface area contributed by atoms with Gasteiger partial charge >= 0.3 is 0 Å². The molecule has 0 aromatic heterocycles. The molecule has 0 spiro atoms. The van der Waals surface area contributed by atoms with Crippen molar-refractivity contribution in [3.63, 3.8) is 0 Å². The summed E-state index contributed by atoms with van der Waals surface area (Å²) in [5.41, 5.74) is 2.43. The van der Waals surface area contributed by atoms with Gasteiger partial charge in [0.2, 0.25) is 0 Å². The van der Waals surface area contributed by atoms with Crippen LogP contribution in [-0.4, -0.2) is 12.2 Å². The highest BCUT2D eigenvalue weighted by Gasteiger charge is 2.34. The summed E-state index contributed by atoms with van der Waals surface area (Å²) in [4.78, 5) is 2.50. The molecule has 0 fully saturated rings. The van der Waals surface area contributed by atoms with Gasteiger partial charge in [-0.3, -0.25) is 0 Å². The molecule has 0 N–H and O–H groups in total. The summed E-state index contributed by atoms with van der Waals surface area (Å²) >= 11 is 1.81. The van der Waals surface area contributed by atoms with Gasteiger partial charge < -0.3 is 9.47 Å². The maximum absolute atomic E-state index is 6.33. The molecule has 0 radical (unpaired) electrons. The van der Waals surface area contributed by atoms with Crippen LogP contribution in [0.5, 0.6) is 0 Å². The van der Waals surface area contributed by atoms with E-state index in [1.54, 1.807) is 11.8 Å². The third kappa shape index (κ3) is 3.63. The molecule has 3 heteroatoms. The Morgan fingerprint density at radius 1 is 0.696 bits per heavy atom. The normalized spacial score (nSPS) is 20.3. The summed E-state index contributed by atoms with van der Waals surface area (Å²) in [5.74, 6) is 0. The van der Waals surface area contributed by atoms with Crippen LogP contribution >= 0.6 is 11.8 Å². The van der Waals surface area contributed by atoms with Gasteiger partial charge in [0.15, 0.2) is 0 Å². The van der Waals surface area contributed by atoms with Crippen molar-refractivity contribution in [1.29, 1.82) is 0 Å². The van der Waals surface area contributed by atoms with Crippen molar-refractivity contribution in [3.05, 3.63) is 59.7 Å². The predicted octanol–water partition coefficient (Wildman–Crippen LogP) is 5.78. The Morgan fingerprint density at radius 2 is 1.09 bits per heavy atom. The standard InChI is InChI=1S/C20H24O2S/c1-13(2)21-19-15-9-5-7-11-17(15)23-18-12-8-6-10-16(18)20(19)22-14(3)4/h5-14,19-20H,1-4H3/t19-,20-/m1/s1. The van der Waals surface area contributed by atoms with Crippen molar-refractivity contribution in [1.82, 2.24) is 0 Å². The first-order valence-corrected chi connectivity index (χ1v) is 9.04. The molecule has 0 bridgehead atoms. The van der Waals surface area contributed by atoms with Gasteiger partial charge in [0, 0.05) is 9.79 Å². The van der Waals surface area contributed by atoms with Gasteiger partial charge in [-0.05, 0) is 51.0 Å². The smallest absolute Gasteiger partial charge is 0.114 e. The third-order valence-electron chi connectivity index (χ3n) is 3.78. The molecule has 0 saturated heterocycles. The van der Waals surface area contributed by atoms with Gasteiger partial charge in [0.05, 0.1) is 12.2 Å². The highest BCUT2D eigenvalue weighted by atomic mass is 32.2. The van der Waals surface area contributed by atoms with Crippen LogP contribution < -0.4 is 0 Å². The Hall–Kier alpha value is -1.29. The maximum Gasteiger partial charge on any atom is 0.114 e. The zero-order chi connectivity index (χ0) is 16.4. The summed E-state index contributed by atoms with van der Waals surface area (Å²) < 4.78 is 12.7. The fourth-order valence-corrected chi connectivity index (χ4v) is 4.07. The van der Waals surface area contributed by atoms with Crippen molar-refractivity contribution in [2.45, 2.75) is 61.9 Å². The van der Waals surface area contributed by atoms with Crippen molar-refractivity contribution >= 4 is 11.8 Å². The maximum atomic E-state index is 6.33. The Bertz CT molecular complexity index is 609. The Morgan fingerprint density at radius 3 is 1.48 bits per heavy atom. The van der Waals surface area contributed by atoms with Gasteiger partial charge in [-0.15, -0.1) is 0 Å². The van der Waals surface area contributed by atoms with Crippen LogP contribution in [0.2, 0.25) is 0 Å². The predicted molar refractivity (Wildman–Crippen MR) is 94.9 cm³/mol. The summed E-state index contributed by atoms with van der Waals surface area (Å²) in [5, 5.41) is 0. The van der Waals surface area contributed by atoms with E-state index in [0.29, 0.717) is 0 Å². The second kappa shape index (κ2) is 7.08. The van der Waals surface area contributed by atoms with Crippen LogP contribution in [0.4, 0.5) is 0 Å². The highest BCUT2D eigenvalue weighted by molar-refractivity contribution is 7.99. The third-order valence-corrected chi connectivity index (χ3v) is 4.97. The summed E-state index contributed by atoms with van der Waals surface area (Å²) in [6.45, 7) is 8.33. The van der Waals surface area contributed by atoms with E-state index < -0.39 is 0 Å². The van der Waals surface area contributed by atoms with E-state index in [-0.39, 0.29) is 24.4 Å². The quantitative estimate of drug-likeness (QED) is 0.708. The molecule has 2 atom stereocenters. The van der Waals surface area contributed by atoms with E-state index >= 15 is 0 Å². The summed E-state index contributed by atoms with van der Waals surface area (Å²) in [6.07, 6.45) is 0.0951. The molecule has 0 aliphatic carbocycles. The monoisotopic (exact) mass is 328 g/mol. The first-order valence-electron chi connectivity index (χ1n) is 8.23. The van der Waals surface area contributed by atoms with Crippen LogP contribution in [0.1, 0.15) is 51.0 Å². The molecule has 3 rings (SSSR count). The summed E-state index contributed by atoms with van der Waals surface area (Å²) in [6, 6.07) is 17.0. The molecule has 122 valence electrons. The molecule has 1 aliphatic heterocycles. The van der Waals surface area contributed by atoms with Crippen molar-refractivity contribution in [3.8, 4) is 0 Å². The lowest BCUT2D eigenvalue weighted by molar-refractivity contribution is -0.117. The minimum absolute atomic E-state index is 0.0928. The molecule has 0 unspecified atom stereocenters. The molecule has 2 nitrogen and oxygen atoms in total. The van der Waals surface area contributed by atoms with Crippen LogP contribution in [-0.2, 0) is 9.47 Å². The largest absolute Gasteiger partial charge is 0.368 e. The first-order chi connectivity index (χ1) is 11.1. The van der Waals surface area contributed by atoms with Gasteiger partial charge in [-0.1, -0.05) is 48.2 Å². The van der Waals surface area contributed by atoms with Crippen LogP contribution in [0.15, 0.2) is 58.3 Å². The van der Waals surface area contributed by atoms with Crippen LogP contribution in [0.3, 0.4) is 0 Å².